The molecule has 2 N–H and O–H groups in total. The van der Waals surface area contributed by atoms with Gasteiger partial charge in [-0.25, -0.2) is 8.42 Å². The summed E-state index contributed by atoms with van der Waals surface area (Å²) < 4.78 is 29.6. The molecule has 19 heavy (non-hydrogen) atoms. The first-order chi connectivity index (χ1) is 8.89. The number of ether oxygens (including phenoxy) is 1. The van der Waals surface area contributed by atoms with Gasteiger partial charge in [0.15, 0.2) is 5.75 Å². The molecular weight excluding hydrogens is 268 g/mol. The Bertz CT molecular complexity index is 542. The van der Waals surface area contributed by atoms with E-state index in [-0.39, 0.29) is 13.1 Å². The third-order valence-electron chi connectivity index (χ3n) is 2.58. The molecule has 0 saturated heterocycles. The summed E-state index contributed by atoms with van der Waals surface area (Å²) in [5.41, 5.74) is 6.99. The highest BCUT2D eigenvalue weighted by atomic mass is 32.2. The highest BCUT2D eigenvalue weighted by Gasteiger charge is 2.24. The topological polar surface area (TPSA) is 89.7 Å². The zero-order valence-corrected chi connectivity index (χ0v) is 11.8. The van der Waals surface area contributed by atoms with Crippen molar-refractivity contribution in [2.75, 3.05) is 25.1 Å². The number of methoxy groups -OCH3 is 1. The van der Waals surface area contributed by atoms with Gasteiger partial charge < -0.3 is 10.5 Å². The summed E-state index contributed by atoms with van der Waals surface area (Å²) in [6, 6.07) is 6.97. The highest BCUT2D eigenvalue weighted by molar-refractivity contribution is 7.89. The molecule has 106 valence electrons. The molecule has 0 unspecified atom stereocenters. The van der Waals surface area contributed by atoms with Crippen molar-refractivity contribution >= 4 is 21.7 Å². The Hall–Kier alpha value is -1.60. The third-order valence-corrected chi connectivity index (χ3v) is 4.36. The normalized spacial score (nSPS) is 11.5. The number of nitrogens with zero attached hydrogens (tertiary/aromatic N) is 1. The minimum absolute atomic E-state index is 0.181. The Labute approximate surface area is 113 Å². The van der Waals surface area contributed by atoms with E-state index in [4.69, 9.17) is 5.73 Å². The Kier molecular flexibility index (Phi) is 5.31. The van der Waals surface area contributed by atoms with Crippen LogP contribution >= 0.6 is 0 Å². The smallest absolute Gasteiger partial charge is 0.322 e. The van der Waals surface area contributed by atoms with Crippen molar-refractivity contribution in [2.45, 2.75) is 13.5 Å². The Morgan fingerprint density at radius 2 is 2.11 bits per heavy atom. The van der Waals surface area contributed by atoms with Crippen molar-refractivity contribution in [1.82, 2.24) is 4.31 Å². The lowest BCUT2D eigenvalue weighted by molar-refractivity contribution is -0.137. The molecule has 0 amide bonds. The fourth-order valence-corrected chi connectivity index (χ4v) is 2.94. The van der Waals surface area contributed by atoms with Gasteiger partial charge in [0.1, 0.15) is 0 Å². The molecule has 0 aromatic heterocycles. The van der Waals surface area contributed by atoms with Crippen LogP contribution in [0.2, 0.25) is 0 Å². The number of benzene rings is 1. The molecule has 7 heteroatoms. The number of anilines is 1. The van der Waals surface area contributed by atoms with Gasteiger partial charge in [0, 0.05) is 18.8 Å². The number of carbonyl (C=O) groups excluding carboxylic acids is 1. The molecular formula is C12H18N2O4S. The van der Waals surface area contributed by atoms with Gasteiger partial charge in [-0.1, -0.05) is 19.1 Å². The van der Waals surface area contributed by atoms with Crippen LogP contribution < -0.4 is 5.73 Å². The third kappa shape index (κ3) is 4.53. The second-order valence-electron chi connectivity index (χ2n) is 4.00. The molecule has 0 atom stereocenters. The predicted molar refractivity (Wildman–Crippen MR) is 72.7 cm³/mol. The molecule has 0 heterocycles. The van der Waals surface area contributed by atoms with Crippen LogP contribution in [0.3, 0.4) is 0 Å². The van der Waals surface area contributed by atoms with Crippen LogP contribution in [-0.4, -0.2) is 38.1 Å². The number of nitrogen functional groups attached to an aromatic ring is 1. The van der Waals surface area contributed by atoms with Crippen LogP contribution in [0.25, 0.3) is 0 Å². The van der Waals surface area contributed by atoms with E-state index in [9.17, 15) is 13.2 Å². The molecule has 0 aliphatic rings. The van der Waals surface area contributed by atoms with Gasteiger partial charge in [-0.05, 0) is 17.7 Å². The fourth-order valence-electron chi connectivity index (χ4n) is 1.60. The molecule has 1 aromatic carbocycles. The van der Waals surface area contributed by atoms with Crippen molar-refractivity contribution in [3.8, 4) is 0 Å². The van der Waals surface area contributed by atoms with Gasteiger partial charge in [0.2, 0.25) is 10.0 Å². The number of hydrogen-bond acceptors (Lipinski definition) is 5. The summed E-state index contributed by atoms with van der Waals surface area (Å²) >= 11 is 0. The average molecular weight is 286 g/mol. The molecule has 0 saturated carbocycles. The lowest BCUT2D eigenvalue weighted by Crippen LogP contribution is -2.35. The van der Waals surface area contributed by atoms with Crippen LogP contribution in [0.1, 0.15) is 12.5 Å². The van der Waals surface area contributed by atoms with Gasteiger partial charge in [0.05, 0.1) is 7.11 Å². The van der Waals surface area contributed by atoms with Crippen LogP contribution in [0.4, 0.5) is 5.69 Å². The van der Waals surface area contributed by atoms with Gasteiger partial charge in [-0.3, -0.25) is 4.79 Å². The first kappa shape index (κ1) is 15.5. The van der Waals surface area contributed by atoms with Crippen molar-refractivity contribution in [3.63, 3.8) is 0 Å². The highest BCUT2D eigenvalue weighted by Crippen LogP contribution is 2.12. The summed E-state index contributed by atoms with van der Waals surface area (Å²) in [6.45, 7) is 2.16. The summed E-state index contributed by atoms with van der Waals surface area (Å²) in [6.07, 6.45) is 0. The first-order valence-electron chi connectivity index (χ1n) is 5.78. The zero-order chi connectivity index (χ0) is 14.5. The number of sulfonamides is 1. The quantitative estimate of drug-likeness (QED) is 0.610. The molecule has 0 spiro atoms. The van der Waals surface area contributed by atoms with E-state index < -0.39 is 21.7 Å². The van der Waals surface area contributed by atoms with Crippen LogP contribution in [0.15, 0.2) is 24.3 Å². The lowest BCUT2D eigenvalue weighted by Gasteiger charge is -2.20. The summed E-state index contributed by atoms with van der Waals surface area (Å²) in [7, 11) is -2.52. The molecule has 0 fully saturated rings. The number of carbonyl (C=O) groups is 1. The minimum Gasteiger partial charge on any atom is -0.468 e. The van der Waals surface area contributed by atoms with E-state index in [1.807, 2.05) is 0 Å². The van der Waals surface area contributed by atoms with Gasteiger partial charge in [0.25, 0.3) is 0 Å². The molecule has 1 aromatic rings. The summed E-state index contributed by atoms with van der Waals surface area (Å²) in [5.74, 6) is -1.43. The van der Waals surface area contributed by atoms with E-state index in [1.165, 1.54) is 4.31 Å². The average Bonchev–Trinajstić information content (AvgIpc) is 2.35. The fraction of sp³-hybridized carbons (Fsp3) is 0.417. The van der Waals surface area contributed by atoms with Crippen molar-refractivity contribution in [1.29, 1.82) is 0 Å². The van der Waals surface area contributed by atoms with E-state index in [2.05, 4.69) is 4.74 Å². The summed E-state index contributed by atoms with van der Waals surface area (Å²) in [5, 5.41) is 0. The molecule has 0 radical (unpaired) electrons. The largest absolute Gasteiger partial charge is 0.468 e. The molecule has 0 bridgehead atoms. The van der Waals surface area contributed by atoms with Gasteiger partial charge in [-0.15, -0.1) is 0 Å². The number of nitrogens with two attached hydrogens (primary N) is 1. The lowest BCUT2D eigenvalue weighted by atomic mass is 10.2. The van der Waals surface area contributed by atoms with E-state index in [1.54, 1.807) is 31.2 Å². The maximum atomic E-state index is 12.0. The van der Waals surface area contributed by atoms with E-state index in [0.717, 1.165) is 12.7 Å². The van der Waals surface area contributed by atoms with Crippen molar-refractivity contribution < 1.29 is 17.9 Å². The van der Waals surface area contributed by atoms with Crippen LogP contribution in [0, 0.1) is 0 Å². The predicted octanol–water partition coefficient (Wildman–Crippen LogP) is 0.594. The van der Waals surface area contributed by atoms with Crippen LogP contribution in [0.5, 0.6) is 0 Å². The number of esters is 1. The molecule has 0 aliphatic heterocycles. The van der Waals surface area contributed by atoms with E-state index >= 15 is 0 Å². The second-order valence-corrected chi connectivity index (χ2v) is 5.97. The molecule has 0 aliphatic carbocycles. The maximum Gasteiger partial charge on any atom is 0.322 e. The van der Waals surface area contributed by atoms with Gasteiger partial charge in [-0.2, -0.15) is 4.31 Å². The zero-order valence-electron chi connectivity index (χ0n) is 11.0. The molecule has 1 rings (SSSR count). The van der Waals surface area contributed by atoms with E-state index in [0.29, 0.717) is 5.69 Å². The Morgan fingerprint density at radius 1 is 1.42 bits per heavy atom. The monoisotopic (exact) mass is 286 g/mol. The summed E-state index contributed by atoms with van der Waals surface area (Å²) in [4.78, 5) is 11.1. The standard InChI is InChI=1S/C12H18N2O4S/c1-3-14(19(16,17)9-12(15)18-2)8-10-5-4-6-11(13)7-10/h4-7H,3,8-9,13H2,1-2H3. The molecule has 6 nitrogen and oxygen atoms in total. The second kappa shape index (κ2) is 6.53. The van der Waals surface area contributed by atoms with Crippen LogP contribution in [-0.2, 0) is 26.1 Å². The Balaban J connectivity index is 2.86. The number of rotatable bonds is 6. The van der Waals surface area contributed by atoms with Crippen molar-refractivity contribution in [2.24, 2.45) is 0 Å². The first-order valence-corrected chi connectivity index (χ1v) is 7.39. The number of hydrogen-bond donors (Lipinski definition) is 1. The maximum absolute atomic E-state index is 12.0. The Morgan fingerprint density at radius 3 is 2.63 bits per heavy atom. The minimum atomic E-state index is -3.68. The van der Waals surface area contributed by atoms with Crippen molar-refractivity contribution in [3.05, 3.63) is 29.8 Å². The van der Waals surface area contributed by atoms with Gasteiger partial charge >= 0.3 is 5.97 Å². The SMILES string of the molecule is CCN(Cc1cccc(N)c1)S(=O)(=O)CC(=O)OC.